The van der Waals surface area contributed by atoms with E-state index in [-0.39, 0.29) is 81.4 Å². The molecule has 48 heavy (non-hydrogen) atoms. The van der Waals surface area contributed by atoms with Crippen molar-refractivity contribution in [1.82, 2.24) is 25.0 Å². The summed E-state index contributed by atoms with van der Waals surface area (Å²) in [7, 11) is 0. The molecule has 0 aliphatic carbocycles. The molecule has 2 saturated heterocycles. The second kappa shape index (κ2) is 15.5. The third kappa shape index (κ3) is 8.17. The molecule has 2 unspecified atom stereocenters. The summed E-state index contributed by atoms with van der Waals surface area (Å²) in [6, 6.07) is 13.0. The van der Waals surface area contributed by atoms with Crippen LogP contribution >= 0.6 is 0 Å². The molecule has 2 atom stereocenters. The fourth-order valence-electron chi connectivity index (χ4n) is 6.00. The van der Waals surface area contributed by atoms with Crippen LogP contribution in [0.1, 0.15) is 54.7 Å². The van der Waals surface area contributed by atoms with E-state index in [1.54, 1.807) is 48.2 Å². The monoisotopic (exact) mass is 663 g/mol. The number of para-hydroxylation sites is 1. The van der Waals surface area contributed by atoms with Crippen molar-refractivity contribution in [1.29, 1.82) is 0 Å². The molecule has 2 aliphatic rings. The second-order valence-electron chi connectivity index (χ2n) is 11.6. The molecule has 0 saturated carbocycles. The predicted octanol–water partition coefficient (Wildman–Crippen LogP) is 3.38. The minimum Gasteiger partial charge on any atom is -0.483 e. The standard InChI is InChI=1S/C34H38FN5O8/c1-2-47-34(46)39-18-16-38(17-19-39)33(45)26(13-14-31(42)43)37-32(44)27-20-29(24-6-3-4-7-25(24)36-27)48-21-30(41)40-15-5-8-28(40)22-9-11-23(35)12-10-22/h3-4,6-7,9-12,20,26,28H,2,5,8,13-19,21H2,1H3,(H,37,44)(H,42,43). The minimum absolute atomic E-state index is 0.0817. The van der Waals surface area contributed by atoms with Gasteiger partial charge in [0.25, 0.3) is 11.8 Å². The number of ether oxygens (including phenoxy) is 2. The second-order valence-corrected chi connectivity index (χ2v) is 11.6. The average Bonchev–Trinajstić information content (AvgIpc) is 3.59. The Balaban J connectivity index is 1.30. The molecule has 4 amide bonds. The van der Waals surface area contributed by atoms with Crippen LogP contribution in [0.15, 0.2) is 54.6 Å². The fourth-order valence-corrected chi connectivity index (χ4v) is 6.00. The topological polar surface area (TPSA) is 159 Å². The number of benzene rings is 2. The Labute approximate surface area is 276 Å². The third-order valence-electron chi connectivity index (χ3n) is 8.46. The maximum Gasteiger partial charge on any atom is 0.409 e. The van der Waals surface area contributed by atoms with Crippen molar-refractivity contribution in [3.8, 4) is 5.75 Å². The number of carboxylic acids is 1. The van der Waals surface area contributed by atoms with Crippen molar-refractivity contribution in [3.63, 3.8) is 0 Å². The summed E-state index contributed by atoms with van der Waals surface area (Å²) in [5.74, 6) is -2.71. The third-order valence-corrected chi connectivity index (χ3v) is 8.46. The molecule has 3 aromatic rings. The van der Waals surface area contributed by atoms with Gasteiger partial charge in [-0.1, -0.05) is 24.3 Å². The number of piperazine rings is 1. The van der Waals surface area contributed by atoms with E-state index in [4.69, 9.17) is 9.47 Å². The van der Waals surface area contributed by atoms with Crippen LogP contribution in [0, 0.1) is 5.82 Å². The first-order valence-electron chi connectivity index (χ1n) is 15.9. The summed E-state index contributed by atoms with van der Waals surface area (Å²) in [6.45, 7) is 2.99. The Bertz CT molecular complexity index is 1660. The van der Waals surface area contributed by atoms with E-state index >= 15 is 0 Å². The van der Waals surface area contributed by atoms with E-state index in [1.165, 1.54) is 28.0 Å². The van der Waals surface area contributed by atoms with Crippen LogP contribution in [-0.4, -0.2) is 107 Å². The van der Waals surface area contributed by atoms with E-state index in [2.05, 4.69) is 10.3 Å². The number of amides is 4. The molecular formula is C34H38FN5O8. The van der Waals surface area contributed by atoms with Gasteiger partial charge in [0.05, 0.1) is 18.2 Å². The van der Waals surface area contributed by atoms with Gasteiger partial charge in [0.1, 0.15) is 23.3 Å². The van der Waals surface area contributed by atoms with E-state index in [9.17, 15) is 33.5 Å². The lowest BCUT2D eigenvalue weighted by atomic mass is 10.0. The molecule has 0 radical (unpaired) electrons. The van der Waals surface area contributed by atoms with E-state index in [0.29, 0.717) is 17.4 Å². The maximum atomic E-state index is 13.5. The van der Waals surface area contributed by atoms with Crippen LogP contribution in [0.5, 0.6) is 5.75 Å². The van der Waals surface area contributed by atoms with Crippen molar-refractivity contribution < 1.29 is 42.9 Å². The van der Waals surface area contributed by atoms with Gasteiger partial charge in [-0.05, 0) is 56.0 Å². The number of rotatable bonds is 11. The van der Waals surface area contributed by atoms with Crippen LogP contribution < -0.4 is 10.1 Å². The Kier molecular flexibility index (Phi) is 11.0. The van der Waals surface area contributed by atoms with Gasteiger partial charge in [-0.25, -0.2) is 14.2 Å². The van der Waals surface area contributed by atoms with Crippen molar-refractivity contribution in [2.24, 2.45) is 0 Å². The SMILES string of the molecule is CCOC(=O)N1CCN(C(=O)C(CCC(=O)O)NC(=O)c2cc(OCC(=O)N3CCCC3c3ccc(F)cc3)c3ccccc3n2)CC1. The Morgan fingerprint density at radius 3 is 2.42 bits per heavy atom. The molecule has 2 aromatic carbocycles. The molecule has 3 heterocycles. The summed E-state index contributed by atoms with van der Waals surface area (Å²) >= 11 is 0. The van der Waals surface area contributed by atoms with Crippen LogP contribution in [0.2, 0.25) is 0 Å². The highest BCUT2D eigenvalue weighted by atomic mass is 19.1. The Morgan fingerprint density at radius 1 is 1.00 bits per heavy atom. The van der Waals surface area contributed by atoms with Gasteiger partial charge in [0.15, 0.2) is 6.61 Å². The van der Waals surface area contributed by atoms with E-state index < -0.39 is 29.9 Å². The van der Waals surface area contributed by atoms with Gasteiger partial charge in [0, 0.05) is 50.6 Å². The number of aromatic nitrogens is 1. The van der Waals surface area contributed by atoms with Crippen LogP contribution in [0.25, 0.3) is 10.9 Å². The van der Waals surface area contributed by atoms with Gasteiger partial charge in [-0.15, -0.1) is 0 Å². The molecule has 0 bridgehead atoms. The molecule has 14 heteroatoms. The van der Waals surface area contributed by atoms with Gasteiger partial charge >= 0.3 is 12.1 Å². The number of pyridine rings is 1. The molecule has 254 valence electrons. The number of carbonyl (C=O) groups excluding carboxylic acids is 4. The van der Waals surface area contributed by atoms with Crippen molar-refractivity contribution in [2.75, 3.05) is 45.9 Å². The lowest BCUT2D eigenvalue weighted by Gasteiger charge is -2.35. The molecule has 2 fully saturated rings. The molecule has 1 aromatic heterocycles. The first kappa shape index (κ1) is 34.1. The highest BCUT2D eigenvalue weighted by Crippen LogP contribution is 2.32. The lowest BCUT2D eigenvalue weighted by Crippen LogP contribution is -2.56. The number of carboxylic acid groups (broad SMARTS) is 1. The number of likely N-dealkylation sites (tertiary alicyclic amines) is 1. The van der Waals surface area contributed by atoms with Crippen LogP contribution in [-0.2, 0) is 19.1 Å². The summed E-state index contributed by atoms with van der Waals surface area (Å²) in [5.41, 5.74) is 1.17. The highest BCUT2D eigenvalue weighted by Gasteiger charge is 2.32. The average molecular weight is 664 g/mol. The van der Waals surface area contributed by atoms with Gasteiger partial charge in [0.2, 0.25) is 5.91 Å². The van der Waals surface area contributed by atoms with Crippen molar-refractivity contribution in [3.05, 3.63) is 71.7 Å². The first-order valence-corrected chi connectivity index (χ1v) is 15.9. The zero-order chi connectivity index (χ0) is 34.2. The summed E-state index contributed by atoms with van der Waals surface area (Å²) in [4.78, 5) is 72.9. The zero-order valence-electron chi connectivity index (χ0n) is 26.6. The highest BCUT2D eigenvalue weighted by molar-refractivity contribution is 5.99. The maximum absolute atomic E-state index is 13.5. The van der Waals surface area contributed by atoms with Crippen molar-refractivity contribution >= 4 is 40.7 Å². The smallest absolute Gasteiger partial charge is 0.409 e. The predicted molar refractivity (Wildman–Crippen MR) is 171 cm³/mol. The molecule has 5 rings (SSSR count). The van der Waals surface area contributed by atoms with Gasteiger partial charge in [-0.2, -0.15) is 0 Å². The van der Waals surface area contributed by atoms with Crippen molar-refractivity contribution in [2.45, 2.75) is 44.7 Å². The largest absolute Gasteiger partial charge is 0.483 e. The molecule has 2 N–H and O–H groups in total. The fraction of sp³-hybridized carbons (Fsp3) is 0.412. The van der Waals surface area contributed by atoms with Crippen LogP contribution in [0.4, 0.5) is 9.18 Å². The number of carbonyl (C=O) groups is 5. The minimum atomic E-state index is -1.17. The normalized spacial score (nSPS) is 16.8. The van der Waals surface area contributed by atoms with E-state index in [1.807, 2.05) is 0 Å². The summed E-state index contributed by atoms with van der Waals surface area (Å²) in [5, 5.41) is 12.5. The zero-order valence-corrected chi connectivity index (χ0v) is 26.6. The van der Waals surface area contributed by atoms with Gasteiger partial charge < -0.3 is 34.6 Å². The number of fused-ring (bicyclic) bond motifs is 1. The number of nitrogens with one attached hydrogen (secondary N) is 1. The molecule has 0 spiro atoms. The first-order chi connectivity index (χ1) is 23.1. The molecular weight excluding hydrogens is 625 g/mol. The lowest BCUT2D eigenvalue weighted by molar-refractivity contribution is -0.138. The number of hydrogen-bond acceptors (Lipinski definition) is 8. The summed E-state index contributed by atoms with van der Waals surface area (Å²) in [6.07, 6.45) is 0.530. The number of hydrogen-bond donors (Lipinski definition) is 2. The van der Waals surface area contributed by atoms with E-state index in [0.717, 1.165) is 18.4 Å². The molecule has 13 nitrogen and oxygen atoms in total. The summed E-state index contributed by atoms with van der Waals surface area (Å²) < 4.78 is 24.5. The quantitative estimate of drug-likeness (QED) is 0.314. The molecule has 2 aliphatic heterocycles. The Morgan fingerprint density at radius 2 is 1.71 bits per heavy atom. The van der Waals surface area contributed by atoms with Gasteiger partial charge in [-0.3, -0.25) is 19.2 Å². The number of aliphatic carboxylic acids is 1. The number of nitrogens with zero attached hydrogens (tertiary/aromatic N) is 4. The van der Waals surface area contributed by atoms with Crippen LogP contribution in [0.3, 0.4) is 0 Å². The number of halogens is 1. The Hall–Kier alpha value is -5.27.